The molecule has 1 saturated carbocycles. The Kier molecular flexibility index (Phi) is 3.76. The number of nitrogens with one attached hydrogen (secondary N) is 1. The van der Waals surface area contributed by atoms with Crippen molar-refractivity contribution in [3.63, 3.8) is 0 Å². The van der Waals surface area contributed by atoms with Gasteiger partial charge in [-0.2, -0.15) is 13.5 Å². The predicted octanol–water partition coefficient (Wildman–Crippen LogP) is -0.800. The van der Waals surface area contributed by atoms with Gasteiger partial charge < -0.3 is 15.1 Å². The SMILES string of the molecule is CN1CC2(CC(NC(=O)[C@H]3CC[C@@H]4CN3C(=O)N4OS(=O)(=O)O)C2)C1. The molecule has 1 spiro atoms. The number of carbonyl (C=O) groups is 2. The van der Waals surface area contributed by atoms with Crippen LogP contribution in [0.15, 0.2) is 0 Å². The monoisotopic (exact) mass is 374 g/mol. The molecule has 3 heterocycles. The van der Waals surface area contributed by atoms with E-state index in [1.807, 2.05) is 0 Å². The predicted molar refractivity (Wildman–Crippen MR) is 84.5 cm³/mol. The highest BCUT2D eigenvalue weighted by atomic mass is 32.3. The summed E-state index contributed by atoms with van der Waals surface area (Å²) in [6.45, 7) is 2.35. The zero-order valence-corrected chi connectivity index (χ0v) is 14.7. The summed E-state index contributed by atoms with van der Waals surface area (Å²) < 4.78 is 34.9. The lowest BCUT2D eigenvalue weighted by Crippen LogP contribution is -2.66. The van der Waals surface area contributed by atoms with Crippen LogP contribution in [0.2, 0.25) is 0 Å². The molecule has 0 radical (unpaired) electrons. The van der Waals surface area contributed by atoms with Crippen molar-refractivity contribution in [1.82, 2.24) is 20.2 Å². The number of likely N-dealkylation sites (tertiary alicyclic amines) is 1. The van der Waals surface area contributed by atoms with Crippen LogP contribution < -0.4 is 5.32 Å². The minimum absolute atomic E-state index is 0.141. The van der Waals surface area contributed by atoms with Gasteiger partial charge in [-0.3, -0.25) is 9.35 Å². The van der Waals surface area contributed by atoms with Crippen LogP contribution in [0.25, 0.3) is 0 Å². The minimum atomic E-state index is -4.77. The topological polar surface area (TPSA) is 119 Å². The lowest BCUT2D eigenvalue weighted by Gasteiger charge is -2.58. The third kappa shape index (κ3) is 2.98. The molecule has 0 aromatic heterocycles. The molecule has 4 rings (SSSR count). The maximum Gasteiger partial charge on any atom is 0.418 e. The van der Waals surface area contributed by atoms with Gasteiger partial charge in [-0.25, -0.2) is 4.79 Å². The van der Waals surface area contributed by atoms with Crippen molar-refractivity contribution in [2.24, 2.45) is 5.41 Å². The van der Waals surface area contributed by atoms with Gasteiger partial charge in [0, 0.05) is 25.7 Å². The molecular formula is C14H22N4O6S. The number of hydroxylamine groups is 2. The molecule has 4 aliphatic rings. The number of amides is 3. The molecule has 2 bridgehead atoms. The number of hydrogen-bond donors (Lipinski definition) is 2. The molecule has 10 nitrogen and oxygen atoms in total. The fourth-order valence-electron chi connectivity index (χ4n) is 4.85. The van der Waals surface area contributed by atoms with E-state index >= 15 is 0 Å². The summed E-state index contributed by atoms with van der Waals surface area (Å²) in [4.78, 5) is 28.5. The van der Waals surface area contributed by atoms with Crippen LogP contribution in [0.5, 0.6) is 0 Å². The highest BCUT2D eigenvalue weighted by molar-refractivity contribution is 7.80. The van der Waals surface area contributed by atoms with Crippen molar-refractivity contribution in [1.29, 1.82) is 0 Å². The minimum Gasteiger partial charge on any atom is -0.352 e. The smallest absolute Gasteiger partial charge is 0.352 e. The Morgan fingerprint density at radius 2 is 2.00 bits per heavy atom. The van der Waals surface area contributed by atoms with Crippen LogP contribution >= 0.6 is 0 Å². The first-order valence-electron chi connectivity index (χ1n) is 8.42. The number of nitrogens with zero attached hydrogens (tertiary/aromatic N) is 3. The van der Waals surface area contributed by atoms with Crippen LogP contribution in [-0.2, 0) is 19.5 Å². The average molecular weight is 374 g/mol. The van der Waals surface area contributed by atoms with E-state index in [9.17, 15) is 18.0 Å². The number of carbonyl (C=O) groups excluding carboxylic acids is 2. The van der Waals surface area contributed by atoms with Gasteiger partial charge in [0.15, 0.2) is 0 Å². The number of fused-ring (bicyclic) bond motifs is 2. The highest BCUT2D eigenvalue weighted by Gasteiger charge is 2.53. The normalized spacial score (nSPS) is 31.8. The van der Waals surface area contributed by atoms with Crippen molar-refractivity contribution >= 4 is 22.3 Å². The molecule has 4 fully saturated rings. The van der Waals surface area contributed by atoms with E-state index in [-0.39, 0.29) is 18.5 Å². The molecule has 2 atom stereocenters. The number of piperidine rings is 1. The van der Waals surface area contributed by atoms with E-state index in [2.05, 4.69) is 21.5 Å². The summed E-state index contributed by atoms with van der Waals surface area (Å²) in [6.07, 6.45) is 2.80. The van der Waals surface area contributed by atoms with Gasteiger partial charge in [0.2, 0.25) is 5.91 Å². The third-order valence-electron chi connectivity index (χ3n) is 5.72. The molecule has 2 N–H and O–H groups in total. The zero-order valence-electron chi connectivity index (χ0n) is 13.9. The summed E-state index contributed by atoms with van der Waals surface area (Å²) in [5.74, 6) is -0.201. The second-order valence-electron chi connectivity index (χ2n) is 7.80. The molecule has 3 saturated heterocycles. The van der Waals surface area contributed by atoms with E-state index < -0.39 is 28.5 Å². The van der Waals surface area contributed by atoms with Crippen LogP contribution in [-0.4, -0.2) is 84.6 Å². The molecule has 3 amide bonds. The largest absolute Gasteiger partial charge is 0.418 e. The van der Waals surface area contributed by atoms with Gasteiger partial charge in [0.1, 0.15) is 6.04 Å². The first kappa shape index (κ1) is 17.0. The maximum absolute atomic E-state index is 12.6. The molecule has 3 aliphatic heterocycles. The fraction of sp³-hybridized carbons (Fsp3) is 0.857. The lowest BCUT2D eigenvalue weighted by molar-refractivity contribution is -0.131. The summed E-state index contributed by atoms with van der Waals surface area (Å²) >= 11 is 0. The standard InChI is InChI=1S/C14H22N4O6S/c1-16-7-14(8-16)4-9(5-14)15-12(19)11-3-2-10-6-17(11)13(20)18(10)24-25(21,22)23/h9-11H,2-8H2,1H3,(H,15,19)(H,21,22,23)/t10-,11-/m1/s1. The molecule has 0 aromatic rings. The Hall–Kier alpha value is -1.43. The molecule has 140 valence electrons. The Balaban J connectivity index is 1.35. The van der Waals surface area contributed by atoms with Crippen molar-refractivity contribution in [2.45, 2.75) is 43.8 Å². The molecule has 0 aromatic carbocycles. The van der Waals surface area contributed by atoms with E-state index in [0.29, 0.717) is 23.3 Å². The van der Waals surface area contributed by atoms with Gasteiger partial charge in [-0.1, -0.05) is 0 Å². The Morgan fingerprint density at radius 1 is 1.32 bits per heavy atom. The average Bonchev–Trinajstić information content (AvgIpc) is 2.67. The highest BCUT2D eigenvalue weighted by Crippen LogP contribution is 2.47. The van der Waals surface area contributed by atoms with Crippen molar-refractivity contribution in [3.8, 4) is 0 Å². The molecule has 25 heavy (non-hydrogen) atoms. The third-order valence-corrected chi connectivity index (χ3v) is 6.06. The van der Waals surface area contributed by atoms with E-state index in [0.717, 1.165) is 25.9 Å². The van der Waals surface area contributed by atoms with Crippen LogP contribution in [0.1, 0.15) is 25.7 Å². The Morgan fingerprint density at radius 3 is 2.60 bits per heavy atom. The van der Waals surface area contributed by atoms with Crippen LogP contribution in [0.3, 0.4) is 0 Å². The molecule has 11 heteroatoms. The second kappa shape index (κ2) is 5.53. The van der Waals surface area contributed by atoms with Crippen molar-refractivity contribution in [2.75, 3.05) is 26.7 Å². The molecular weight excluding hydrogens is 352 g/mol. The molecule has 1 aliphatic carbocycles. The number of rotatable bonds is 4. The number of hydrogen-bond acceptors (Lipinski definition) is 6. The lowest BCUT2D eigenvalue weighted by atomic mass is 9.61. The van der Waals surface area contributed by atoms with E-state index in [1.54, 1.807) is 0 Å². The van der Waals surface area contributed by atoms with Gasteiger partial charge in [0.05, 0.1) is 6.04 Å². The van der Waals surface area contributed by atoms with Gasteiger partial charge >= 0.3 is 16.4 Å². The van der Waals surface area contributed by atoms with Crippen molar-refractivity contribution in [3.05, 3.63) is 0 Å². The van der Waals surface area contributed by atoms with Gasteiger partial charge in [-0.05, 0) is 38.1 Å². The zero-order chi connectivity index (χ0) is 18.0. The van der Waals surface area contributed by atoms with Gasteiger partial charge in [-0.15, -0.1) is 4.28 Å². The first-order chi connectivity index (χ1) is 11.7. The Bertz CT molecular complexity index is 698. The fourth-order valence-corrected chi connectivity index (χ4v) is 5.23. The second-order valence-corrected chi connectivity index (χ2v) is 8.80. The first-order valence-corrected chi connectivity index (χ1v) is 9.78. The van der Waals surface area contributed by atoms with E-state index in [1.165, 1.54) is 4.90 Å². The quantitative estimate of drug-likeness (QED) is 0.618. The van der Waals surface area contributed by atoms with Crippen molar-refractivity contribution < 1.29 is 26.8 Å². The van der Waals surface area contributed by atoms with E-state index in [4.69, 9.17) is 4.55 Å². The van der Waals surface area contributed by atoms with Crippen LogP contribution in [0.4, 0.5) is 4.79 Å². The van der Waals surface area contributed by atoms with Crippen LogP contribution in [0, 0.1) is 5.41 Å². The summed E-state index contributed by atoms with van der Waals surface area (Å²) in [7, 11) is -2.69. The Labute approximate surface area is 146 Å². The maximum atomic E-state index is 12.6. The summed E-state index contributed by atoms with van der Waals surface area (Å²) in [5, 5.41) is 3.67. The molecule has 0 unspecified atom stereocenters. The summed E-state index contributed by atoms with van der Waals surface area (Å²) in [5.41, 5.74) is 0.355. The van der Waals surface area contributed by atoms with Gasteiger partial charge in [0.25, 0.3) is 0 Å². The summed E-state index contributed by atoms with van der Waals surface area (Å²) in [6, 6.07) is -1.66. The number of urea groups is 1.